The molecule has 0 aliphatic heterocycles. The smallest absolute Gasteiger partial charge is 0.325 e. The Hall–Kier alpha value is -2.65. The van der Waals surface area contributed by atoms with E-state index in [0.29, 0.717) is 0 Å². The van der Waals surface area contributed by atoms with Crippen molar-refractivity contribution in [3.63, 3.8) is 0 Å². The molecule has 10 nitrogen and oxygen atoms in total. The van der Waals surface area contributed by atoms with E-state index < -0.39 is 35.8 Å². The first-order chi connectivity index (χ1) is 10.7. The summed E-state index contributed by atoms with van der Waals surface area (Å²) >= 11 is 0. The SMILES string of the molecule is COC(=O)CNC(=O)[C@H](C)NC(=O)[C@H](C)NC(=O)CNC(C)=O. The van der Waals surface area contributed by atoms with Crippen LogP contribution in [0.5, 0.6) is 0 Å². The van der Waals surface area contributed by atoms with Crippen LogP contribution in [0.2, 0.25) is 0 Å². The van der Waals surface area contributed by atoms with E-state index in [2.05, 4.69) is 26.0 Å². The minimum Gasteiger partial charge on any atom is -0.468 e. The standard InChI is InChI=1S/C13H22N4O6/c1-7(12(21)15-6-11(20)23-4)17-13(22)8(2)16-10(19)5-14-9(3)18/h7-8H,5-6H2,1-4H3,(H,14,18)(H,15,21)(H,16,19)(H,17,22)/t7-,8-/m0/s1. The third kappa shape index (κ3) is 9.06. The third-order valence-corrected chi connectivity index (χ3v) is 2.66. The van der Waals surface area contributed by atoms with Crippen molar-refractivity contribution in [2.24, 2.45) is 0 Å². The second-order valence-corrected chi connectivity index (χ2v) is 4.72. The molecule has 23 heavy (non-hydrogen) atoms. The van der Waals surface area contributed by atoms with E-state index >= 15 is 0 Å². The molecule has 0 fully saturated rings. The number of nitrogens with one attached hydrogen (secondary N) is 4. The summed E-state index contributed by atoms with van der Waals surface area (Å²) < 4.78 is 4.36. The van der Waals surface area contributed by atoms with E-state index in [1.807, 2.05) is 0 Å². The summed E-state index contributed by atoms with van der Waals surface area (Å²) in [4.78, 5) is 56.5. The number of ether oxygens (including phenoxy) is 1. The van der Waals surface area contributed by atoms with E-state index in [9.17, 15) is 24.0 Å². The summed E-state index contributed by atoms with van der Waals surface area (Å²) in [5.74, 6) is -2.67. The van der Waals surface area contributed by atoms with Gasteiger partial charge in [-0.3, -0.25) is 24.0 Å². The highest BCUT2D eigenvalue weighted by Crippen LogP contribution is 1.88. The quantitative estimate of drug-likeness (QED) is 0.360. The molecule has 0 aliphatic carbocycles. The Bertz CT molecular complexity index is 479. The molecule has 4 N–H and O–H groups in total. The lowest BCUT2D eigenvalue weighted by Gasteiger charge is -2.18. The molecular formula is C13H22N4O6. The van der Waals surface area contributed by atoms with Crippen LogP contribution in [0.15, 0.2) is 0 Å². The van der Waals surface area contributed by atoms with Crippen molar-refractivity contribution in [1.29, 1.82) is 0 Å². The topological polar surface area (TPSA) is 143 Å². The predicted molar refractivity (Wildman–Crippen MR) is 78.9 cm³/mol. The van der Waals surface area contributed by atoms with Gasteiger partial charge in [0.1, 0.15) is 18.6 Å². The van der Waals surface area contributed by atoms with Crippen LogP contribution in [0.4, 0.5) is 0 Å². The highest BCUT2D eigenvalue weighted by Gasteiger charge is 2.21. The third-order valence-electron chi connectivity index (χ3n) is 2.66. The van der Waals surface area contributed by atoms with Gasteiger partial charge in [0.15, 0.2) is 0 Å². The lowest BCUT2D eigenvalue weighted by Crippen LogP contribution is -2.53. The molecule has 10 heteroatoms. The van der Waals surface area contributed by atoms with E-state index in [0.717, 1.165) is 0 Å². The van der Waals surface area contributed by atoms with Crippen LogP contribution in [0.25, 0.3) is 0 Å². The van der Waals surface area contributed by atoms with Gasteiger partial charge in [0.2, 0.25) is 23.6 Å². The molecule has 0 saturated carbocycles. The zero-order valence-corrected chi connectivity index (χ0v) is 13.5. The Balaban J connectivity index is 4.23. The van der Waals surface area contributed by atoms with Gasteiger partial charge >= 0.3 is 5.97 Å². The van der Waals surface area contributed by atoms with Gasteiger partial charge in [0.25, 0.3) is 0 Å². The first-order valence-electron chi connectivity index (χ1n) is 6.86. The zero-order valence-electron chi connectivity index (χ0n) is 13.5. The Morgan fingerprint density at radius 1 is 0.870 bits per heavy atom. The Kier molecular flexibility index (Phi) is 8.97. The Labute approximate surface area is 133 Å². The monoisotopic (exact) mass is 330 g/mol. The fraction of sp³-hybridized carbons (Fsp3) is 0.615. The van der Waals surface area contributed by atoms with Crippen LogP contribution in [-0.2, 0) is 28.7 Å². The summed E-state index contributed by atoms with van der Waals surface area (Å²) in [6.07, 6.45) is 0. The van der Waals surface area contributed by atoms with Gasteiger partial charge in [-0.1, -0.05) is 0 Å². The van der Waals surface area contributed by atoms with Crippen molar-refractivity contribution in [3.05, 3.63) is 0 Å². The second-order valence-electron chi connectivity index (χ2n) is 4.72. The molecule has 2 atom stereocenters. The maximum atomic E-state index is 11.8. The molecule has 0 unspecified atom stereocenters. The lowest BCUT2D eigenvalue weighted by atomic mass is 10.2. The minimum absolute atomic E-state index is 0.248. The maximum absolute atomic E-state index is 11.8. The van der Waals surface area contributed by atoms with Crippen LogP contribution in [0.3, 0.4) is 0 Å². The van der Waals surface area contributed by atoms with Crippen LogP contribution < -0.4 is 21.3 Å². The largest absolute Gasteiger partial charge is 0.468 e. The molecule has 0 bridgehead atoms. The number of hydrogen-bond acceptors (Lipinski definition) is 6. The molecule has 0 aliphatic rings. The van der Waals surface area contributed by atoms with Gasteiger partial charge in [0, 0.05) is 6.92 Å². The summed E-state index contributed by atoms with van der Waals surface area (Å²) in [6, 6.07) is -1.80. The Morgan fingerprint density at radius 2 is 1.43 bits per heavy atom. The normalized spacial score (nSPS) is 12.3. The van der Waals surface area contributed by atoms with Gasteiger partial charge in [-0.25, -0.2) is 0 Å². The number of esters is 1. The first-order valence-corrected chi connectivity index (χ1v) is 6.86. The number of amides is 4. The van der Waals surface area contributed by atoms with Crippen molar-refractivity contribution >= 4 is 29.6 Å². The average Bonchev–Trinajstić information content (AvgIpc) is 2.49. The van der Waals surface area contributed by atoms with Gasteiger partial charge in [-0.05, 0) is 13.8 Å². The molecule has 0 saturated heterocycles. The fourth-order valence-corrected chi connectivity index (χ4v) is 1.35. The molecule has 0 heterocycles. The average molecular weight is 330 g/mol. The molecule has 0 radical (unpaired) electrons. The minimum atomic E-state index is -0.901. The van der Waals surface area contributed by atoms with Gasteiger partial charge in [-0.2, -0.15) is 0 Å². The number of rotatable bonds is 8. The molecule has 0 rings (SSSR count). The van der Waals surface area contributed by atoms with E-state index in [-0.39, 0.29) is 19.0 Å². The first kappa shape index (κ1) is 20.3. The fourth-order valence-electron chi connectivity index (χ4n) is 1.35. The van der Waals surface area contributed by atoms with Crippen molar-refractivity contribution in [1.82, 2.24) is 21.3 Å². The second kappa shape index (κ2) is 10.1. The molecular weight excluding hydrogens is 308 g/mol. The molecule has 0 aromatic rings. The summed E-state index contributed by atoms with van der Waals surface area (Å²) in [6.45, 7) is 3.56. The van der Waals surface area contributed by atoms with E-state index in [1.54, 1.807) is 0 Å². The van der Waals surface area contributed by atoms with Crippen molar-refractivity contribution in [2.45, 2.75) is 32.9 Å². The summed E-state index contributed by atoms with van der Waals surface area (Å²) in [5, 5.41) is 9.33. The molecule has 0 spiro atoms. The molecule has 0 aromatic carbocycles. The van der Waals surface area contributed by atoms with Gasteiger partial charge < -0.3 is 26.0 Å². The molecule has 4 amide bonds. The van der Waals surface area contributed by atoms with Crippen molar-refractivity contribution in [3.8, 4) is 0 Å². The van der Waals surface area contributed by atoms with Crippen LogP contribution in [0.1, 0.15) is 20.8 Å². The summed E-state index contributed by atoms with van der Waals surface area (Å²) in [5.41, 5.74) is 0. The molecule has 0 aromatic heterocycles. The molecule has 130 valence electrons. The van der Waals surface area contributed by atoms with E-state index in [4.69, 9.17) is 0 Å². The summed E-state index contributed by atoms with van der Waals surface area (Å²) in [7, 11) is 1.19. The number of carbonyl (C=O) groups excluding carboxylic acids is 5. The van der Waals surface area contributed by atoms with Crippen LogP contribution in [-0.4, -0.2) is 61.9 Å². The number of hydrogen-bond donors (Lipinski definition) is 4. The maximum Gasteiger partial charge on any atom is 0.325 e. The van der Waals surface area contributed by atoms with Crippen LogP contribution in [0, 0.1) is 0 Å². The van der Waals surface area contributed by atoms with Gasteiger partial charge in [0.05, 0.1) is 13.7 Å². The van der Waals surface area contributed by atoms with Crippen LogP contribution >= 0.6 is 0 Å². The highest BCUT2D eigenvalue weighted by molar-refractivity contribution is 5.93. The zero-order chi connectivity index (χ0) is 18.0. The van der Waals surface area contributed by atoms with Gasteiger partial charge in [-0.15, -0.1) is 0 Å². The van der Waals surface area contributed by atoms with E-state index in [1.165, 1.54) is 27.9 Å². The Morgan fingerprint density at radius 3 is 1.96 bits per heavy atom. The van der Waals surface area contributed by atoms with Crippen molar-refractivity contribution in [2.75, 3.05) is 20.2 Å². The number of methoxy groups -OCH3 is 1. The number of carbonyl (C=O) groups is 5. The highest BCUT2D eigenvalue weighted by atomic mass is 16.5. The lowest BCUT2D eigenvalue weighted by molar-refractivity contribution is -0.141. The predicted octanol–water partition coefficient (Wildman–Crippen LogP) is -2.58. The van der Waals surface area contributed by atoms with Crippen molar-refractivity contribution < 1.29 is 28.7 Å².